The number of rotatable bonds is 6. The summed E-state index contributed by atoms with van der Waals surface area (Å²) >= 11 is 1.74. The molecule has 2 aromatic carbocycles. The Balaban J connectivity index is 2.02. The molecule has 5 heteroatoms. The number of aliphatic hydroxyl groups excluding tert-OH is 1. The Labute approximate surface area is 168 Å². The molecule has 2 aromatic rings. The summed E-state index contributed by atoms with van der Waals surface area (Å²) in [7, 11) is -2.55. The van der Waals surface area contributed by atoms with Gasteiger partial charge in [-0.3, -0.25) is 0 Å². The van der Waals surface area contributed by atoms with Crippen LogP contribution in [0.4, 0.5) is 0 Å². The minimum atomic E-state index is -2.55. The lowest BCUT2D eigenvalue weighted by atomic mass is 10.2. The van der Waals surface area contributed by atoms with E-state index in [9.17, 15) is 5.11 Å². The van der Waals surface area contributed by atoms with Crippen LogP contribution in [0.2, 0.25) is 5.04 Å². The quantitative estimate of drug-likeness (QED) is 0.752. The minimum Gasteiger partial charge on any atom is -0.405 e. The third-order valence-corrected chi connectivity index (χ3v) is 11.5. The summed E-state index contributed by atoms with van der Waals surface area (Å²) in [6.07, 6.45) is 1.96. The first-order chi connectivity index (χ1) is 12.9. The average Bonchev–Trinajstić information content (AvgIpc) is 3.03. The molecule has 3 atom stereocenters. The summed E-state index contributed by atoms with van der Waals surface area (Å²) in [4.78, 5) is 0. The molecule has 1 aliphatic heterocycles. The zero-order chi connectivity index (χ0) is 19.5. The molecule has 0 radical (unpaired) electrons. The van der Waals surface area contributed by atoms with E-state index in [1.165, 1.54) is 10.4 Å². The maximum atomic E-state index is 9.94. The van der Waals surface area contributed by atoms with Gasteiger partial charge in [0, 0.05) is 11.7 Å². The second-order valence-corrected chi connectivity index (χ2v) is 13.5. The van der Waals surface area contributed by atoms with Crippen molar-refractivity contribution >= 4 is 30.5 Å². The van der Waals surface area contributed by atoms with Crippen LogP contribution in [0.1, 0.15) is 27.2 Å². The second-order valence-electron chi connectivity index (χ2n) is 8.11. The van der Waals surface area contributed by atoms with Crippen LogP contribution in [0.5, 0.6) is 0 Å². The topological polar surface area (TPSA) is 38.7 Å². The average molecular weight is 403 g/mol. The van der Waals surface area contributed by atoms with Crippen LogP contribution in [0.3, 0.4) is 0 Å². The SMILES string of the molecule is CS[C@H]1C[C@@H](O)O[C@@H]1CO[Si](c1ccccc1)(c1ccccc1)C(C)(C)C. The van der Waals surface area contributed by atoms with Crippen LogP contribution in [0, 0.1) is 0 Å². The number of aliphatic hydroxyl groups is 1. The predicted molar refractivity (Wildman–Crippen MR) is 116 cm³/mol. The third-order valence-electron chi connectivity index (χ3n) is 5.36. The summed E-state index contributed by atoms with van der Waals surface area (Å²) < 4.78 is 12.7. The van der Waals surface area contributed by atoms with Crippen LogP contribution in [0.15, 0.2) is 60.7 Å². The van der Waals surface area contributed by atoms with Crippen LogP contribution in [-0.2, 0) is 9.16 Å². The van der Waals surface area contributed by atoms with Gasteiger partial charge >= 0.3 is 0 Å². The molecule has 0 amide bonds. The molecule has 3 rings (SSSR count). The highest BCUT2D eigenvalue weighted by Crippen LogP contribution is 2.38. The van der Waals surface area contributed by atoms with Crippen molar-refractivity contribution in [3.63, 3.8) is 0 Å². The molecule has 1 N–H and O–H groups in total. The fraction of sp³-hybridized carbons (Fsp3) is 0.455. The molecule has 0 spiro atoms. The fourth-order valence-electron chi connectivity index (χ4n) is 4.06. The summed E-state index contributed by atoms with van der Waals surface area (Å²) in [5, 5.41) is 12.7. The monoisotopic (exact) mass is 402 g/mol. The van der Waals surface area contributed by atoms with E-state index in [1.807, 2.05) is 0 Å². The fourth-order valence-corrected chi connectivity index (χ4v) is 9.43. The number of hydrogen-bond donors (Lipinski definition) is 1. The van der Waals surface area contributed by atoms with E-state index in [-0.39, 0.29) is 16.4 Å². The lowest BCUT2D eigenvalue weighted by Crippen LogP contribution is -2.67. The first-order valence-corrected chi connectivity index (χ1v) is 12.7. The largest absolute Gasteiger partial charge is 0.405 e. The van der Waals surface area contributed by atoms with E-state index >= 15 is 0 Å². The van der Waals surface area contributed by atoms with Gasteiger partial charge in [-0.15, -0.1) is 0 Å². The van der Waals surface area contributed by atoms with Gasteiger partial charge in [-0.1, -0.05) is 81.4 Å². The van der Waals surface area contributed by atoms with Crippen molar-refractivity contribution in [1.29, 1.82) is 0 Å². The first kappa shape index (κ1) is 20.6. The van der Waals surface area contributed by atoms with Crippen LogP contribution in [-0.4, -0.2) is 43.9 Å². The Morgan fingerprint density at radius 1 is 1.04 bits per heavy atom. The van der Waals surface area contributed by atoms with E-state index in [1.54, 1.807) is 11.8 Å². The van der Waals surface area contributed by atoms with Crippen LogP contribution in [0.25, 0.3) is 0 Å². The van der Waals surface area contributed by atoms with E-state index < -0.39 is 14.6 Å². The molecule has 0 bridgehead atoms. The molecule has 1 heterocycles. The van der Waals surface area contributed by atoms with E-state index in [4.69, 9.17) is 9.16 Å². The zero-order valence-electron chi connectivity index (χ0n) is 16.6. The predicted octanol–water partition coefficient (Wildman–Crippen LogP) is 3.40. The molecule has 0 saturated carbocycles. The highest BCUT2D eigenvalue weighted by molar-refractivity contribution is 7.99. The molecule has 0 aromatic heterocycles. The molecule has 27 heavy (non-hydrogen) atoms. The van der Waals surface area contributed by atoms with Gasteiger partial charge in [-0.2, -0.15) is 11.8 Å². The van der Waals surface area contributed by atoms with Crippen molar-refractivity contribution in [1.82, 2.24) is 0 Å². The van der Waals surface area contributed by atoms with Crippen molar-refractivity contribution in [2.45, 2.75) is 49.9 Å². The molecule has 1 saturated heterocycles. The summed E-state index contributed by atoms with van der Waals surface area (Å²) in [5.41, 5.74) is 0. The lowest BCUT2D eigenvalue weighted by Gasteiger charge is -2.43. The molecule has 1 aliphatic rings. The number of ether oxygens (including phenoxy) is 1. The number of hydrogen-bond acceptors (Lipinski definition) is 4. The van der Waals surface area contributed by atoms with E-state index in [0.29, 0.717) is 13.0 Å². The van der Waals surface area contributed by atoms with Crippen LogP contribution >= 0.6 is 11.8 Å². The molecular formula is C22H30O3SSi. The Kier molecular flexibility index (Phi) is 6.49. The van der Waals surface area contributed by atoms with Gasteiger partial charge in [0.2, 0.25) is 0 Å². The minimum absolute atomic E-state index is 0.0538. The second kappa shape index (κ2) is 8.49. The van der Waals surface area contributed by atoms with Gasteiger partial charge < -0.3 is 14.3 Å². The lowest BCUT2D eigenvalue weighted by molar-refractivity contribution is -0.0989. The van der Waals surface area contributed by atoms with Crippen molar-refractivity contribution < 1.29 is 14.3 Å². The van der Waals surface area contributed by atoms with Crippen molar-refractivity contribution in [2.24, 2.45) is 0 Å². The molecule has 0 aliphatic carbocycles. The molecule has 146 valence electrons. The normalized spacial score (nSPS) is 23.5. The Morgan fingerprint density at radius 2 is 1.56 bits per heavy atom. The molecule has 3 nitrogen and oxygen atoms in total. The highest BCUT2D eigenvalue weighted by atomic mass is 32.2. The maximum absolute atomic E-state index is 9.94. The molecule has 1 fully saturated rings. The summed E-state index contributed by atoms with van der Waals surface area (Å²) in [6.45, 7) is 7.32. The highest BCUT2D eigenvalue weighted by Gasteiger charge is 2.51. The first-order valence-electron chi connectivity index (χ1n) is 9.50. The van der Waals surface area contributed by atoms with Gasteiger partial charge in [-0.05, 0) is 21.7 Å². The standard InChI is InChI=1S/C22H30O3SSi/c1-22(2,3)27(17-11-7-5-8-12-17,18-13-9-6-10-14-18)24-16-19-20(26-4)15-21(23)25-19/h5-14,19-21,23H,15-16H2,1-4H3/t19-,20+,21+/m1/s1. The molecular weight excluding hydrogens is 372 g/mol. The van der Waals surface area contributed by atoms with Crippen molar-refractivity contribution in [3.05, 3.63) is 60.7 Å². The van der Waals surface area contributed by atoms with Gasteiger partial charge in [0.1, 0.15) is 0 Å². The van der Waals surface area contributed by atoms with E-state index in [0.717, 1.165) is 0 Å². The Bertz CT molecular complexity index is 678. The smallest absolute Gasteiger partial charge is 0.261 e. The Hall–Kier alpha value is -1.11. The van der Waals surface area contributed by atoms with Gasteiger partial charge in [0.25, 0.3) is 8.32 Å². The maximum Gasteiger partial charge on any atom is 0.261 e. The van der Waals surface area contributed by atoms with Gasteiger partial charge in [0.15, 0.2) is 6.29 Å². The number of benzene rings is 2. The van der Waals surface area contributed by atoms with Gasteiger partial charge in [0.05, 0.1) is 12.7 Å². The molecule has 0 unspecified atom stereocenters. The van der Waals surface area contributed by atoms with Crippen molar-refractivity contribution in [2.75, 3.05) is 12.9 Å². The third kappa shape index (κ3) is 4.17. The van der Waals surface area contributed by atoms with Crippen molar-refractivity contribution in [3.8, 4) is 0 Å². The van der Waals surface area contributed by atoms with E-state index in [2.05, 4.69) is 87.7 Å². The van der Waals surface area contributed by atoms with Crippen LogP contribution < -0.4 is 10.4 Å². The number of thioether (sulfide) groups is 1. The van der Waals surface area contributed by atoms with Gasteiger partial charge in [-0.25, -0.2) is 0 Å². The Morgan fingerprint density at radius 3 is 2.00 bits per heavy atom. The summed E-state index contributed by atoms with van der Waals surface area (Å²) in [6, 6.07) is 21.3. The zero-order valence-corrected chi connectivity index (χ0v) is 18.4. The summed E-state index contributed by atoms with van der Waals surface area (Å²) in [5.74, 6) is 0.